The Hall–Kier alpha value is -3.47. The fourth-order valence-electron chi connectivity index (χ4n) is 2.17. The molecule has 0 spiro atoms. The smallest absolute Gasteiger partial charge is 0.270 e. The summed E-state index contributed by atoms with van der Waals surface area (Å²) in [6.07, 6.45) is 3.52. The van der Waals surface area contributed by atoms with Crippen molar-refractivity contribution in [2.75, 3.05) is 0 Å². The van der Waals surface area contributed by atoms with Gasteiger partial charge < -0.3 is 14.1 Å². The predicted octanol–water partition coefficient (Wildman–Crippen LogP) is 1.46. The van der Waals surface area contributed by atoms with Crippen LogP contribution >= 0.6 is 0 Å². The van der Waals surface area contributed by atoms with E-state index in [9.17, 15) is 5.11 Å². The molecule has 0 saturated carbocycles. The number of nitrogens with zero attached hydrogens (tertiary/aromatic N) is 6. The topological polar surface area (TPSA) is 113 Å². The number of benzene rings is 1. The Labute approximate surface area is 137 Å². The van der Waals surface area contributed by atoms with Crippen molar-refractivity contribution in [2.24, 2.45) is 12.0 Å². The normalized spacial score (nSPS) is 11.5. The van der Waals surface area contributed by atoms with E-state index in [2.05, 4.69) is 20.2 Å². The first kappa shape index (κ1) is 15.4. The molecule has 8 nitrogen and oxygen atoms in total. The molecule has 3 rings (SSSR count). The second-order valence-corrected chi connectivity index (χ2v) is 5.25. The molecule has 0 bridgehead atoms. The Balaban J connectivity index is 1.94. The first-order chi connectivity index (χ1) is 11.6. The van der Waals surface area contributed by atoms with Gasteiger partial charge in [0, 0.05) is 7.05 Å². The van der Waals surface area contributed by atoms with Gasteiger partial charge in [-0.2, -0.15) is 10.3 Å². The van der Waals surface area contributed by atoms with Crippen LogP contribution in [0.15, 0.2) is 40.0 Å². The first-order valence-corrected chi connectivity index (χ1v) is 7.14. The van der Waals surface area contributed by atoms with Crippen molar-refractivity contribution in [1.29, 1.82) is 5.26 Å². The zero-order chi connectivity index (χ0) is 17.1. The van der Waals surface area contributed by atoms with E-state index in [1.807, 2.05) is 31.2 Å². The zero-order valence-electron chi connectivity index (χ0n) is 13.1. The van der Waals surface area contributed by atoms with Crippen molar-refractivity contribution in [3.8, 4) is 23.5 Å². The summed E-state index contributed by atoms with van der Waals surface area (Å²) in [5.41, 5.74) is 2.36. The SMILES string of the molecule is Cc1ccc(Cc2nnc(-c3ncn(C)c(=NC#N)c3O)o2)cc1. The molecule has 2 heterocycles. The predicted molar refractivity (Wildman–Crippen MR) is 83.3 cm³/mol. The number of aromatic nitrogens is 4. The van der Waals surface area contributed by atoms with Gasteiger partial charge in [0.15, 0.2) is 16.9 Å². The van der Waals surface area contributed by atoms with Gasteiger partial charge in [-0.05, 0) is 12.5 Å². The van der Waals surface area contributed by atoms with Crippen molar-refractivity contribution >= 4 is 0 Å². The van der Waals surface area contributed by atoms with Gasteiger partial charge in [-0.25, -0.2) is 4.98 Å². The molecule has 1 aromatic carbocycles. The zero-order valence-corrected chi connectivity index (χ0v) is 13.1. The van der Waals surface area contributed by atoms with E-state index in [1.54, 1.807) is 13.2 Å². The van der Waals surface area contributed by atoms with Crippen LogP contribution in [0.25, 0.3) is 11.6 Å². The van der Waals surface area contributed by atoms with Gasteiger partial charge in [0.1, 0.15) is 0 Å². The van der Waals surface area contributed by atoms with Crippen LogP contribution in [0.3, 0.4) is 0 Å². The summed E-state index contributed by atoms with van der Waals surface area (Å²) in [6, 6.07) is 7.99. The van der Waals surface area contributed by atoms with Crippen LogP contribution < -0.4 is 5.49 Å². The van der Waals surface area contributed by atoms with Crippen LogP contribution in [0.2, 0.25) is 0 Å². The van der Waals surface area contributed by atoms with Crippen LogP contribution in [0, 0.1) is 18.4 Å². The summed E-state index contributed by atoms with van der Waals surface area (Å²) in [4.78, 5) is 7.63. The third kappa shape index (κ3) is 3.01. The van der Waals surface area contributed by atoms with Crippen molar-refractivity contribution in [3.63, 3.8) is 0 Å². The minimum atomic E-state index is -0.285. The van der Waals surface area contributed by atoms with Gasteiger partial charge in [-0.1, -0.05) is 29.8 Å². The largest absolute Gasteiger partial charge is 0.503 e. The minimum absolute atomic E-state index is 0.0702. The van der Waals surface area contributed by atoms with Crippen LogP contribution in [-0.4, -0.2) is 24.9 Å². The van der Waals surface area contributed by atoms with Crippen LogP contribution in [-0.2, 0) is 13.5 Å². The fraction of sp³-hybridized carbons (Fsp3) is 0.188. The molecule has 8 heteroatoms. The van der Waals surface area contributed by atoms with E-state index in [0.717, 1.165) is 5.56 Å². The number of rotatable bonds is 3. The Morgan fingerprint density at radius 1 is 1.29 bits per heavy atom. The summed E-state index contributed by atoms with van der Waals surface area (Å²) >= 11 is 0. The standard InChI is InChI=1S/C16H14N6O2/c1-10-3-5-11(6-4-10)7-12-20-21-16(24-12)13-14(23)15(18-8-17)22(2)9-19-13/h3-6,9,23H,7H2,1-2H3. The van der Waals surface area contributed by atoms with E-state index in [0.29, 0.717) is 12.3 Å². The van der Waals surface area contributed by atoms with Gasteiger partial charge in [0.2, 0.25) is 12.1 Å². The van der Waals surface area contributed by atoms with E-state index >= 15 is 0 Å². The lowest BCUT2D eigenvalue weighted by atomic mass is 10.1. The average molecular weight is 322 g/mol. The highest BCUT2D eigenvalue weighted by atomic mass is 16.4. The Morgan fingerprint density at radius 2 is 2.04 bits per heavy atom. The number of aromatic hydroxyl groups is 1. The lowest BCUT2D eigenvalue weighted by Gasteiger charge is -2.03. The molecular formula is C16H14N6O2. The van der Waals surface area contributed by atoms with Gasteiger partial charge in [0.25, 0.3) is 5.89 Å². The maximum absolute atomic E-state index is 10.2. The van der Waals surface area contributed by atoms with Crippen molar-refractivity contribution in [2.45, 2.75) is 13.3 Å². The van der Waals surface area contributed by atoms with Crippen molar-refractivity contribution in [1.82, 2.24) is 19.7 Å². The summed E-state index contributed by atoms with van der Waals surface area (Å²) in [6.45, 7) is 2.02. The Morgan fingerprint density at radius 3 is 2.75 bits per heavy atom. The second-order valence-electron chi connectivity index (χ2n) is 5.25. The van der Waals surface area contributed by atoms with Gasteiger partial charge in [-0.3, -0.25) is 0 Å². The fourth-order valence-corrected chi connectivity index (χ4v) is 2.17. The lowest BCUT2D eigenvalue weighted by Crippen LogP contribution is -2.18. The monoisotopic (exact) mass is 322 g/mol. The van der Waals surface area contributed by atoms with E-state index in [-0.39, 0.29) is 22.8 Å². The molecule has 0 amide bonds. The van der Waals surface area contributed by atoms with Crippen LogP contribution in [0.5, 0.6) is 5.75 Å². The number of nitriles is 1. The van der Waals surface area contributed by atoms with E-state index < -0.39 is 0 Å². The Bertz CT molecular complexity index is 979. The number of hydrogen-bond donors (Lipinski definition) is 1. The van der Waals surface area contributed by atoms with Crippen LogP contribution in [0.1, 0.15) is 17.0 Å². The van der Waals surface area contributed by atoms with Crippen molar-refractivity contribution in [3.05, 3.63) is 53.1 Å². The average Bonchev–Trinajstić information content (AvgIpc) is 3.02. The summed E-state index contributed by atoms with van der Waals surface area (Å²) < 4.78 is 7.00. The molecule has 3 aromatic rings. The summed E-state index contributed by atoms with van der Waals surface area (Å²) in [7, 11) is 1.61. The molecule has 24 heavy (non-hydrogen) atoms. The molecule has 0 radical (unpaired) electrons. The number of aryl methyl sites for hydroxylation is 2. The molecule has 0 unspecified atom stereocenters. The highest BCUT2D eigenvalue weighted by Crippen LogP contribution is 2.22. The highest BCUT2D eigenvalue weighted by molar-refractivity contribution is 5.54. The molecular weight excluding hydrogens is 308 g/mol. The van der Waals surface area contributed by atoms with E-state index in [4.69, 9.17) is 9.68 Å². The maximum Gasteiger partial charge on any atom is 0.270 e. The molecule has 0 aliphatic rings. The van der Waals surface area contributed by atoms with E-state index in [1.165, 1.54) is 16.5 Å². The lowest BCUT2D eigenvalue weighted by molar-refractivity contribution is 0.449. The van der Waals surface area contributed by atoms with Gasteiger partial charge >= 0.3 is 0 Å². The minimum Gasteiger partial charge on any atom is -0.503 e. The molecule has 0 fully saturated rings. The second kappa shape index (κ2) is 6.34. The molecule has 1 N–H and O–H groups in total. The summed E-state index contributed by atoms with van der Waals surface area (Å²) in [5, 5.41) is 26.8. The summed E-state index contributed by atoms with van der Waals surface area (Å²) in [5.74, 6) is 0.193. The third-order valence-electron chi connectivity index (χ3n) is 3.43. The quantitative estimate of drug-likeness (QED) is 0.730. The Kier molecular flexibility index (Phi) is 4.07. The molecule has 0 aliphatic carbocycles. The maximum atomic E-state index is 10.2. The molecule has 0 atom stereocenters. The van der Waals surface area contributed by atoms with Gasteiger partial charge in [0.05, 0.1) is 12.7 Å². The molecule has 0 saturated heterocycles. The molecule has 120 valence electrons. The first-order valence-electron chi connectivity index (χ1n) is 7.14. The number of hydrogen-bond acceptors (Lipinski definition) is 7. The highest BCUT2D eigenvalue weighted by Gasteiger charge is 2.17. The van der Waals surface area contributed by atoms with Gasteiger partial charge in [-0.15, -0.1) is 10.2 Å². The molecule has 2 aromatic heterocycles. The van der Waals surface area contributed by atoms with Crippen LogP contribution in [0.4, 0.5) is 0 Å². The van der Waals surface area contributed by atoms with Crippen molar-refractivity contribution < 1.29 is 9.52 Å². The third-order valence-corrected chi connectivity index (χ3v) is 3.43. The molecule has 0 aliphatic heterocycles.